The summed E-state index contributed by atoms with van der Waals surface area (Å²) in [5.74, 6) is -0.639. The smallest absolute Gasteiger partial charge is 0.296 e. The predicted molar refractivity (Wildman–Crippen MR) is 278 cm³/mol. The van der Waals surface area contributed by atoms with Crippen molar-refractivity contribution in [2.24, 2.45) is 30.7 Å². The number of rotatable bonds is 19. The molecule has 6 N–H and O–H groups in total. The van der Waals surface area contributed by atoms with Gasteiger partial charge in [-0.2, -0.15) is 38.8 Å². The lowest BCUT2D eigenvalue weighted by molar-refractivity contribution is 0.319. The van der Waals surface area contributed by atoms with Crippen molar-refractivity contribution in [2.75, 3.05) is 39.0 Å². The quantitative estimate of drug-likeness (QED) is 0.0249. The number of methoxy groups -OCH3 is 3. The molecule has 76 heavy (non-hydrogen) atoms. The molecule has 8 aromatic carbocycles. The minimum atomic E-state index is -5.00. The average Bonchev–Trinajstić information content (AvgIpc) is 3.39. The lowest BCUT2D eigenvalue weighted by Crippen LogP contribution is -2.09. The van der Waals surface area contributed by atoms with Crippen LogP contribution in [0.3, 0.4) is 0 Å². The number of hydrogen-bond donors (Lipinski definition) is 6. The van der Waals surface area contributed by atoms with E-state index in [1.165, 1.54) is 82.0 Å². The van der Waals surface area contributed by atoms with Gasteiger partial charge in [0, 0.05) is 51.1 Å². The number of hydrogen-bond acceptors (Lipinski definition) is 20. The molecule has 0 saturated carbocycles. The van der Waals surface area contributed by atoms with Gasteiger partial charge in [-0.05, 0) is 108 Å². The fraction of sp³-hybridized carbons (Fsp3) is 0.125. The molecule has 0 atom stereocenters. The molecule has 8 aromatic rings. The maximum Gasteiger partial charge on any atom is 0.296 e. The fourth-order valence-electron chi connectivity index (χ4n) is 7.58. The second-order valence-corrected chi connectivity index (χ2v) is 22.0. The highest BCUT2D eigenvalue weighted by Crippen LogP contribution is 2.46. The third kappa shape index (κ3) is 12.5. The van der Waals surface area contributed by atoms with Gasteiger partial charge in [0.05, 0.1) is 60.5 Å². The van der Waals surface area contributed by atoms with Crippen LogP contribution in [-0.4, -0.2) is 90.7 Å². The number of nitrogens with one attached hydrogen (secondary N) is 1. The molecule has 0 fully saturated rings. The van der Waals surface area contributed by atoms with E-state index in [1.54, 1.807) is 36.4 Å². The van der Waals surface area contributed by atoms with E-state index in [1.807, 2.05) is 0 Å². The van der Waals surface area contributed by atoms with Gasteiger partial charge in [0.25, 0.3) is 40.5 Å². The van der Waals surface area contributed by atoms with Crippen molar-refractivity contribution in [1.29, 1.82) is 0 Å². The van der Waals surface area contributed by atoms with Crippen molar-refractivity contribution in [2.45, 2.75) is 21.1 Å². The molecule has 0 amide bonds. The molecular formula is C48H41N7O17S4. The summed E-state index contributed by atoms with van der Waals surface area (Å²) in [6.07, 6.45) is -0.155. The van der Waals surface area contributed by atoms with Crippen LogP contribution in [-0.2, 0) is 40.5 Å². The molecular weight excluding hydrogens is 1070 g/mol. The van der Waals surface area contributed by atoms with Crippen molar-refractivity contribution in [3.63, 3.8) is 0 Å². The minimum Gasteiger partial charge on any atom is -0.505 e. The summed E-state index contributed by atoms with van der Waals surface area (Å²) in [5.41, 5.74) is 1.05. The highest BCUT2D eigenvalue weighted by molar-refractivity contribution is 7.86. The van der Waals surface area contributed by atoms with Gasteiger partial charge in [0.1, 0.15) is 45.0 Å². The van der Waals surface area contributed by atoms with Crippen LogP contribution in [0.5, 0.6) is 28.7 Å². The van der Waals surface area contributed by atoms with Gasteiger partial charge in [0.2, 0.25) is 0 Å². The van der Waals surface area contributed by atoms with Gasteiger partial charge in [-0.3, -0.25) is 18.2 Å². The number of phenolic OH excluding ortho intramolecular Hbond substituents is 1. The fourth-order valence-corrected chi connectivity index (χ4v) is 9.76. The summed E-state index contributed by atoms with van der Waals surface area (Å²) in [7, 11) is -14.6. The summed E-state index contributed by atoms with van der Waals surface area (Å²) in [4.78, 5) is -1.75. The van der Waals surface area contributed by atoms with E-state index < -0.39 is 72.3 Å². The summed E-state index contributed by atoms with van der Waals surface area (Å²) in [5, 5.41) is 41.5. The third-order valence-corrected chi connectivity index (χ3v) is 14.6. The lowest BCUT2D eigenvalue weighted by atomic mass is 10.1. The first-order valence-electron chi connectivity index (χ1n) is 21.8. The van der Waals surface area contributed by atoms with E-state index in [2.05, 4.69) is 36.0 Å². The number of anilines is 2. The summed E-state index contributed by atoms with van der Waals surface area (Å²) in [6, 6.07) is 28.7. The molecule has 28 heteroatoms. The van der Waals surface area contributed by atoms with Crippen LogP contribution < -0.4 is 24.3 Å². The van der Waals surface area contributed by atoms with Crippen LogP contribution in [0.2, 0.25) is 0 Å². The predicted octanol–water partition coefficient (Wildman–Crippen LogP) is 11.3. The molecule has 0 heterocycles. The summed E-state index contributed by atoms with van der Waals surface area (Å²) >= 11 is 0. The first-order valence-corrected chi connectivity index (χ1v) is 27.7. The zero-order chi connectivity index (χ0) is 54.7. The van der Waals surface area contributed by atoms with E-state index in [0.717, 1.165) is 24.3 Å². The molecule has 0 aliphatic heterocycles. The largest absolute Gasteiger partial charge is 0.505 e. The number of benzene rings is 8. The van der Waals surface area contributed by atoms with Crippen LogP contribution in [0.4, 0.5) is 45.5 Å². The van der Waals surface area contributed by atoms with E-state index in [-0.39, 0.29) is 85.6 Å². The van der Waals surface area contributed by atoms with Crippen molar-refractivity contribution in [1.82, 2.24) is 0 Å². The number of ether oxygens (including phenoxy) is 4. The summed E-state index contributed by atoms with van der Waals surface area (Å²) < 4.78 is 158. The van der Waals surface area contributed by atoms with Gasteiger partial charge in [-0.25, -0.2) is 0 Å². The molecule has 0 unspecified atom stereocenters. The van der Waals surface area contributed by atoms with Gasteiger partial charge < -0.3 is 29.4 Å². The average molecular weight is 1120 g/mol. The number of azo groups is 3. The molecule has 394 valence electrons. The Labute approximate surface area is 433 Å². The van der Waals surface area contributed by atoms with Crippen LogP contribution >= 0.6 is 0 Å². The number of nitrogens with zero attached hydrogens (tertiary/aromatic N) is 6. The lowest BCUT2D eigenvalue weighted by Gasteiger charge is -2.12. The number of phenols is 1. The van der Waals surface area contributed by atoms with Gasteiger partial charge >= 0.3 is 0 Å². The Morgan fingerprint density at radius 3 is 1.70 bits per heavy atom. The Kier molecular flexibility index (Phi) is 15.3. The topological polar surface area (TPSA) is 361 Å². The zero-order valence-corrected chi connectivity index (χ0v) is 42.9. The zero-order valence-electron chi connectivity index (χ0n) is 39.6. The highest BCUT2D eigenvalue weighted by atomic mass is 32.2. The monoisotopic (exact) mass is 1120 g/mol. The van der Waals surface area contributed by atoms with Gasteiger partial charge in [-0.15, -0.1) is 25.6 Å². The molecule has 8 rings (SSSR count). The van der Waals surface area contributed by atoms with Crippen molar-refractivity contribution in [3.8, 4) is 28.7 Å². The van der Waals surface area contributed by atoms with Crippen LogP contribution in [0.25, 0.3) is 32.3 Å². The molecule has 24 nitrogen and oxygen atoms in total. The number of aromatic hydroxyl groups is 1. The first kappa shape index (κ1) is 54.1. The molecule has 0 spiro atoms. The molecule has 0 radical (unpaired) electrons. The maximum atomic E-state index is 12.7. The van der Waals surface area contributed by atoms with E-state index >= 15 is 0 Å². The Bertz CT molecular complexity index is 4180. The van der Waals surface area contributed by atoms with E-state index in [4.69, 9.17) is 23.5 Å². The van der Waals surface area contributed by atoms with Crippen molar-refractivity contribution in [3.05, 3.63) is 121 Å². The summed E-state index contributed by atoms with van der Waals surface area (Å²) in [6.45, 7) is -0.260. The van der Waals surface area contributed by atoms with Crippen LogP contribution in [0.15, 0.2) is 167 Å². The molecule has 0 bridgehead atoms. The van der Waals surface area contributed by atoms with Gasteiger partial charge in [0.15, 0.2) is 5.75 Å². The third-order valence-electron chi connectivity index (χ3n) is 11.2. The standard InChI is InChI=1S/C48H41N7O17S4/c1-69-32-10-7-29(8-11-32)49-30-9-13-35-28(19-30)21-46(76(66,67)68)47(48(35)56)55-54-42-26-44(70-2)41(25-45(42)71-3)53-52-40-16-15-39(36-14-12-33(23-38(36)40)74(60,61)62)51-50-31-6-5-27-20-34(75(63,64)65)24-43(37(27)22-31)72-17-4-18-73(57,58)59/h5-16,19-26,49,56H,4,17-18H2,1-3H3,(H,57,58,59)(H,60,61,62)(H,63,64,65)(H,66,67,68). The minimum absolute atomic E-state index is 0.000829. The van der Waals surface area contributed by atoms with Crippen molar-refractivity contribution < 1.29 is 75.9 Å². The second-order valence-electron chi connectivity index (χ2n) is 16.2. The Morgan fingerprint density at radius 1 is 0.474 bits per heavy atom. The normalized spacial score (nSPS) is 12.6. The van der Waals surface area contributed by atoms with Crippen LogP contribution in [0, 0.1) is 0 Å². The molecule has 0 aliphatic carbocycles. The maximum absolute atomic E-state index is 12.7. The molecule has 0 aliphatic rings. The van der Waals surface area contributed by atoms with Crippen molar-refractivity contribution >= 4 is 118 Å². The number of fused-ring (bicyclic) bond motifs is 3. The second kappa shape index (κ2) is 21.6. The highest BCUT2D eigenvalue weighted by Gasteiger charge is 2.24. The van der Waals surface area contributed by atoms with Crippen LogP contribution in [0.1, 0.15) is 6.42 Å². The Morgan fingerprint density at radius 2 is 1.08 bits per heavy atom. The first-order chi connectivity index (χ1) is 35.9. The van der Waals surface area contributed by atoms with E-state index in [9.17, 15) is 52.4 Å². The van der Waals surface area contributed by atoms with Gasteiger partial charge in [-0.1, -0.05) is 12.1 Å². The Balaban J connectivity index is 1.11. The SMILES string of the molecule is COc1ccc(Nc2ccc3c(O)c(N=Nc4cc(OC)c(N=Nc5ccc(N=Nc6ccc7cc(S(=O)(=O)O)cc(OCCCS(=O)(=O)O)c7c6)c6ccc(S(=O)(=O)O)cc56)cc4OC)c(S(=O)(=O)O)cc3c2)cc1. The molecule has 0 saturated heterocycles. The van der Waals surface area contributed by atoms with E-state index in [0.29, 0.717) is 22.5 Å². The Hall–Kier alpha value is -8.22. The molecule has 0 aromatic heterocycles.